The number of carbonyl (C=O) groups excluding carboxylic acids is 1. The molecule has 1 amide bonds. The lowest BCUT2D eigenvalue weighted by Crippen LogP contribution is -2.31. The molecule has 0 aliphatic rings. The van der Waals surface area contributed by atoms with Crippen LogP contribution >= 0.6 is 0 Å². The second kappa shape index (κ2) is 7.14. The summed E-state index contributed by atoms with van der Waals surface area (Å²) in [5.74, 6) is -0.154. The van der Waals surface area contributed by atoms with Gasteiger partial charge in [0.15, 0.2) is 0 Å². The third kappa shape index (κ3) is 3.44. The van der Waals surface area contributed by atoms with Crippen molar-refractivity contribution in [2.45, 2.75) is 12.6 Å². The van der Waals surface area contributed by atoms with Gasteiger partial charge in [-0.3, -0.25) is 19.4 Å². The highest BCUT2D eigenvalue weighted by Gasteiger charge is 2.17. The quantitative estimate of drug-likeness (QED) is 0.605. The zero-order valence-electron chi connectivity index (χ0n) is 14.0. The van der Waals surface area contributed by atoms with Gasteiger partial charge in [0, 0.05) is 30.4 Å². The molecule has 6 heteroatoms. The molecule has 0 bridgehead atoms. The first-order chi connectivity index (χ1) is 12.8. The number of fused-ring (bicyclic) bond motifs is 1. The van der Waals surface area contributed by atoms with Crippen molar-refractivity contribution < 1.29 is 4.79 Å². The Balaban J connectivity index is 1.60. The lowest BCUT2D eigenvalue weighted by Gasteiger charge is -2.19. The van der Waals surface area contributed by atoms with E-state index in [9.17, 15) is 4.79 Å². The molecule has 2 aromatic heterocycles. The Morgan fingerprint density at radius 1 is 0.962 bits per heavy atom. The van der Waals surface area contributed by atoms with E-state index in [0.717, 1.165) is 11.1 Å². The maximum absolute atomic E-state index is 12.8. The summed E-state index contributed by atoms with van der Waals surface area (Å²) in [5.41, 5.74) is 3.04. The monoisotopic (exact) mass is 343 g/mol. The summed E-state index contributed by atoms with van der Waals surface area (Å²) >= 11 is 0. The molecule has 26 heavy (non-hydrogen) atoms. The maximum atomic E-state index is 12.8. The number of hydrogen-bond acceptors (Lipinski definition) is 4. The third-order valence-electron chi connectivity index (χ3n) is 4.17. The van der Waals surface area contributed by atoms with Crippen LogP contribution in [0.5, 0.6) is 0 Å². The van der Waals surface area contributed by atoms with Crippen LogP contribution in [0.2, 0.25) is 0 Å². The normalized spacial score (nSPS) is 12.0. The zero-order valence-corrected chi connectivity index (χ0v) is 14.0. The van der Waals surface area contributed by atoms with Crippen molar-refractivity contribution >= 4 is 16.9 Å². The molecular formula is C20H17N5O. The van der Waals surface area contributed by atoms with Crippen LogP contribution in [0.25, 0.3) is 11.0 Å². The molecule has 0 radical (unpaired) electrons. The van der Waals surface area contributed by atoms with Crippen molar-refractivity contribution in [2.75, 3.05) is 0 Å². The topological polar surface area (TPSA) is 72.7 Å². The number of nitrogens with one attached hydrogen (secondary N) is 1. The molecular weight excluding hydrogens is 326 g/mol. The van der Waals surface area contributed by atoms with Crippen LogP contribution in [0.1, 0.15) is 22.0 Å². The van der Waals surface area contributed by atoms with Gasteiger partial charge in [0.25, 0.3) is 5.91 Å². The molecule has 1 N–H and O–H groups in total. The van der Waals surface area contributed by atoms with Crippen molar-refractivity contribution in [3.05, 3.63) is 90.5 Å². The second-order valence-corrected chi connectivity index (χ2v) is 5.92. The zero-order chi connectivity index (χ0) is 17.8. The van der Waals surface area contributed by atoms with Crippen LogP contribution in [0, 0.1) is 0 Å². The number of nitrogens with zero attached hydrogens (tertiary/aromatic N) is 4. The number of amides is 1. The fourth-order valence-corrected chi connectivity index (χ4v) is 2.86. The predicted octanol–water partition coefficient (Wildman–Crippen LogP) is 3.00. The van der Waals surface area contributed by atoms with Gasteiger partial charge in [-0.25, -0.2) is 0 Å². The van der Waals surface area contributed by atoms with Crippen LogP contribution in [-0.4, -0.2) is 25.7 Å². The molecule has 0 unspecified atom stereocenters. The van der Waals surface area contributed by atoms with Crippen LogP contribution in [0.3, 0.4) is 0 Å². The minimum atomic E-state index is -0.193. The number of aromatic nitrogens is 4. The minimum Gasteiger partial charge on any atom is -0.343 e. The Hall–Kier alpha value is -3.54. The molecule has 1 atom stereocenters. The average Bonchev–Trinajstić information content (AvgIpc) is 3.21. The molecule has 0 aliphatic heterocycles. The highest BCUT2D eigenvalue weighted by Crippen LogP contribution is 2.17. The molecule has 0 saturated carbocycles. The second-order valence-electron chi connectivity index (χ2n) is 5.92. The smallest absolute Gasteiger partial charge is 0.251 e. The highest BCUT2D eigenvalue weighted by atomic mass is 16.1. The summed E-state index contributed by atoms with van der Waals surface area (Å²) in [6, 6.07) is 16.9. The van der Waals surface area contributed by atoms with E-state index in [1.54, 1.807) is 30.7 Å². The standard InChI is InChI=1S/C20H17N5O/c26-20(16-7-8-17-18(13-16)22-11-10-21-17)24-19(14-25-12-4-9-23-25)15-5-2-1-3-6-15/h1-13,19H,14H2,(H,24,26)/t19-/m0/s1. The lowest BCUT2D eigenvalue weighted by atomic mass is 10.1. The van der Waals surface area contributed by atoms with Gasteiger partial charge >= 0.3 is 0 Å². The number of carbonyl (C=O) groups is 1. The van der Waals surface area contributed by atoms with Gasteiger partial charge in [0.2, 0.25) is 0 Å². The summed E-state index contributed by atoms with van der Waals surface area (Å²) in [7, 11) is 0. The summed E-state index contributed by atoms with van der Waals surface area (Å²) in [6.07, 6.45) is 6.87. The molecule has 6 nitrogen and oxygen atoms in total. The first-order valence-electron chi connectivity index (χ1n) is 8.33. The van der Waals surface area contributed by atoms with E-state index in [1.165, 1.54) is 0 Å². The minimum absolute atomic E-state index is 0.154. The van der Waals surface area contributed by atoms with E-state index < -0.39 is 0 Å². The van der Waals surface area contributed by atoms with Crippen LogP contribution in [0.15, 0.2) is 79.4 Å². The first-order valence-corrected chi connectivity index (χ1v) is 8.33. The molecule has 0 aliphatic carbocycles. The van der Waals surface area contributed by atoms with E-state index in [-0.39, 0.29) is 11.9 Å². The molecule has 0 saturated heterocycles. The molecule has 4 rings (SSSR count). The number of benzene rings is 2. The fourth-order valence-electron chi connectivity index (χ4n) is 2.86. The summed E-state index contributed by atoms with van der Waals surface area (Å²) < 4.78 is 1.81. The van der Waals surface area contributed by atoms with Crippen molar-refractivity contribution in [1.82, 2.24) is 25.1 Å². The number of rotatable bonds is 5. The molecule has 0 fully saturated rings. The Kier molecular flexibility index (Phi) is 4.38. The van der Waals surface area contributed by atoms with E-state index in [1.807, 2.05) is 53.3 Å². The van der Waals surface area contributed by atoms with Crippen LogP contribution < -0.4 is 5.32 Å². The Bertz CT molecular complexity index is 1010. The van der Waals surface area contributed by atoms with Gasteiger partial charge in [-0.2, -0.15) is 5.10 Å². The van der Waals surface area contributed by atoms with E-state index in [4.69, 9.17) is 0 Å². The van der Waals surface area contributed by atoms with Gasteiger partial charge in [-0.1, -0.05) is 30.3 Å². The van der Waals surface area contributed by atoms with Gasteiger partial charge in [0.05, 0.1) is 23.6 Å². The van der Waals surface area contributed by atoms with Crippen LogP contribution in [-0.2, 0) is 6.54 Å². The van der Waals surface area contributed by atoms with Gasteiger partial charge < -0.3 is 5.32 Å². The van der Waals surface area contributed by atoms with E-state index >= 15 is 0 Å². The molecule has 128 valence electrons. The van der Waals surface area contributed by atoms with E-state index in [0.29, 0.717) is 17.6 Å². The number of hydrogen-bond donors (Lipinski definition) is 1. The highest BCUT2D eigenvalue weighted by molar-refractivity contribution is 5.97. The SMILES string of the molecule is O=C(N[C@@H](Cn1cccn1)c1ccccc1)c1ccc2nccnc2c1. The van der Waals surface area contributed by atoms with Gasteiger partial charge in [-0.15, -0.1) is 0 Å². The molecule has 2 heterocycles. The van der Waals surface area contributed by atoms with Gasteiger partial charge in [-0.05, 0) is 29.8 Å². The molecule has 4 aromatic rings. The molecule has 0 spiro atoms. The molecule has 2 aromatic carbocycles. The van der Waals surface area contributed by atoms with Crippen molar-refractivity contribution in [1.29, 1.82) is 0 Å². The average molecular weight is 343 g/mol. The van der Waals surface area contributed by atoms with Crippen LogP contribution in [0.4, 0.5) is 0 Å². The Labute approximate surface area is 150 Å². The van der Waals surface area contributed by atoms with Crippen molar-refractivity contribution in [3.8, 4) is 0 Å². The Morgan fingerprint density at radius 3 is 2.54 bits per heavy atom. The Morgan fingerprint density at radius 2 is 1.77 bits per heavy atom. The van der Waals surface area contributed by atoms with Crippen molar-refractivity contribution in [3.63, 3.8) is 0 Å². The summed E-state index contributed by atoms with van der Waals surface area (Å²) in [6.45, 7) is 0.552. The largest absolute Gasteiger partial charge is 0.343 e. The van der Waals surface area contributed by atoms with Crippen molar-refractivity contribution in [2.24, 2.45) is 0 Å². The lowest BCUT2D eigenvalue weighted by molar-refractivity contribution is 0.0932. The van der Waals surface area contributed by atoms with E-state index in [2.05, 4.69) is 20.4 Å². The maximum Gasteiger partial charge on any atom is 0.251 e. The predicted molar refractivity (Wildman–Crippen MR) is 98.4 cm³/mol. The third-order valence-corrected chi connectivity index (χ3v) is 4.17. The summed E-state index contributed by atoms with van der Waals surface area (Å²) in [5, 5.41) is 7.35. The fraction of sp³-hybridized carbons (Fsp3) is 0.100. The van der Waals surface area contributed by atoms with Gasteiger partial charge in [0.1, 0.15) is 0 Å². The first kappa shape index (κ1) is 16.0. The summed E-state index contributed by atoms with van der Waals surface area (Å²) in [4.78, 5) is 21.3.